The topological polar surface area (TPSA) is 95.9 Å². The van der Waals surface area contributed by atoms with E-state index < -0.39 is 15.9 Å². The first-order chi connectivity index (χ1) is 12.3. The maximum absolute atomic E-state index is 13.1. The Morgan fingerprint density at radius 1 is 1.22 bits per heavy atom. The highest BCUT2D eigenvalue weighted by Gasteiger charge is 2.32. The van der Waals surface area contributed by atoms with E-state index in [-0.39, 0.29) is 43.1 Å². The number of carbonyl (C=O) groups excluding carboxylic acids is 1. The molecule has 1 amide bonds. The first-order valence-electron chi connectivity index (χ1n) is 8.11. The van der Waals surface area contributed by atoms with Gasteiger partial charge in [0.2, 0.25) is 10.0 Å². The van der Waals surface area contributed by atoms with Crippen LogP contribution in [0.5, 0.6) is 5.75 Å². The van der Waals surface area contributed by atoms with Crippen molar-refractivity contribution in [1.29, 1.82) is 0 Å². The van der Waals surface area contributed by atoms with Gasteiger partial charge in [-0.3, -0.25) is 10.0 Å². The van der Waals surface area contributed by atoms with Gasteiger partial charge in [0, 0.05) is 17.7 Å². The second kappa shape index (κ2) is 8.30. The van der Waals surface area contributed by atoms with Gasteiger partial charge in [-0.2, -0.15) is 17.8 Å². The van der Waals surface area contributed by atoms with Crippen LogP contribution >= 0.6 is 13.5 Å². The van der Waals surface area contributed by atoms with Crippen molar-refractivity contribution in [1.82, 2.24) is 9.79 Å². The smallest absolute Gasteiger partial charge is 0.274 e. The van der Waals surface area contributed by atoms with Crippen molar-refractivity contribution < 1.29 is 23.2 Å². The molecular formula is C18H22N2O5S2. The molecule has 146 valence electrons. The number of nitrogens with one attached hydrogen (secondary N) is 1. The lowest BCUT2D eigenvalue weighted by Crippen LogP contribution is -2.39. The SMILES string of the molecule is Cc1ccc(S(=O)(=O)N2Cc3ccc(C(=O)NO)cc3OC[C@@H]2C)cc1.S. The molecule has 2 N–H and O–H groups in total. The van der Waals surface area contributed by atoms with E-state index in [0.29, 0.717) is 11.3 Å². The van der Waals surface area contributed by atoms with E-state index in [1.165, 1.54) is 16.4 Å². The third kappa shape index (κ3) is 4.27. The predicted octanol–water partition coefficient (Wildman–Crippen LogP) is 2.20. The van der Waals surface area contributed by atoms with Crippen molar-refractivity contribution in [3.05, 3.63) is 59.2 Å². The molecular weight excluding hydrogens is 388 g/mol. The maximum Gasteiger partial charge on any atom is 0.274 e. The van der Waals surface area contributed by atoms with Gasteiger partial charge in [-0.15, -0.1) is 0 Å². The molecule has 9 heteroatoms. The largest absolute Gasteiger partial charge is 0.492 e. The fraction of sp³-hybridized carbons (Fsp3) is 0.278. The van der Waals surface area contributed by atoms with E-state index >= 15 is 0 Å². The molecule has 0 saturated heterocycles. The number of aryl methyl sites for hydroxylation is 1. The quantitative estimate of drug-likeness (QED) is 0.597. The molecule has 0 unspecified atom stereocenters. The molecule has 0 radical (unpaired) electrons. The molecule has 1 aliphatic heterocycles. The van der Waals surface area contributed by atoms with Crippen LogP contribution in [0.15, 0.2) is 47.4 Å². The average Bonchev–Trinajstić information content (AvgIpc) is 2.80. The number of hydrogen-bond donors (Lipinski definition) is 2. The van der Waals surface area contributed by atoms with Crippen molar-refractivity contribution in [2.75, 3.05) is 6.61 Å². The lowest BCUT2D eigenvalue weighted by atomic mass is 10.1. The zero-order chi connectivity index (χ0) is 18.9. The summed E-state index contributed by atoms with van der Waals surface area (Å²) >= 11 is 0. The molecule has 0 spiro atoms. The maximum atomic E-state index is 13.1. The number of amides is 1. The summed E-state index contributed by atoms with van der Waals surface area (Å²) in [5, 5.41) is 8.76. The summed E-state index contributed by atoms with van der Waals surface area (Å²) < 4.78 is 33.2. The summed E-state index contributed by atoms with van der Waals surface area (Å²) in [7, 11) is -3.69. The van der Waals surface area contributed by atoms with E-state index in [2.05, 4.69) is 0 Å². The van der Waals surface area contributed by atoms with Crippen molar-refractivity contribution in [3.8, 4) is 5.75 Å². The molecule has 2 aromatic carbocycles. The molecule has 1 atom stereocenters. The lowest BCUT2D eigenvalue weighted by molar-refractivity contribution is 0.0706. The Hall–Kier alpha value is -2.07. The average molecular weight is 411 g/mol. The Bertz CT molecular complexity index is 929. The van der Waals surface area contributed by atoms with E-state index in [4.69, 9.17) is 9.94 Å². The van der Waals surface area contributed by atoms with Crippen molar-refractivity contribution in [3.63, 3.8) is 0 Å². The summed E-state index contributed by atoms with van der Waals surface area (Å²) in [4.78, 5) is 11.8. The van der Waals surface area contributed by atoms with Crippen LogP contribution < -0.4 is 10.2 Å². The van der Waals surface area contributed by atoms with E-state index in [9.17, 15) is 13.2 Å². The minimum atomic E-state index is -3.69. The van der Waals surface area contributed by atoms with Gasteiger partial charge >= 0.3 is 0 Å². The highest BCUT2D eigenvalue weighted by molar-refractivity contribution is 7.89. The molecule has 1 aliphatic rings. The second-order valence-electron chi connectivity index (χ2n) is 6.29. The van der Waals surface area contributed by atoms with Gasteiger partial charge in [-0.25, -0.2) is 13.9 Å². The Morgan fingerprint density at radius 2 is 1.89 bits per heavy atom. The Kier molecular flexibility index (Phi) is 6.53. The normalized spacial score (nSPS) is 17.1. The molecule has 3 rings (SSSR count). The van der Waals surface area contributed by atoms with Crippen LogP contribution in [-0.4, -0.2) is 36.5 Å². The summed E-state index contributed by atoms with van der Waals surface area (Å²) in [6.07, 6.45) is 0. The zero-order valence-corrected chi connectivity index (χ0v) is 16.8. The Balaban J connectivity index is 0.00000261. The monoisotopic (exact) mass is 410 g/mol. The standard InChI is InChI=1S/C18H20N2O5S.H2S/c1-12-3-7-16(8-4-12)26(23,24)20-10-15-6-5-14(18(21)19-22)9-17(15)25-11-13(20)2;/h3-9,13,22H,10-11H2,1-2H3,(H,19,21);1H2/t13-;/m0./s1. The Labute approximate surface area is 165 Å². The first kappa shape index (κ1) is 21.2. The summed E-state index contributed by atoms with van der Waals surface area (Å²) in [5.41, 5.74) is 3.44. The third-order valence-corrected chi connectivity index (χ3v) is 6.33. The zero-order valence-electron chi connectivity index (χ0n) is 15.0. The minimum absolute atomic E-state index is 0. The number of hydrogen-bond acceptors (Lipinski definition) is 5. The molecule has 27 heavy (non-hydrogen) atoms. The van der Waals surface area contributed by atoms with Crippen molar-refractivity contribution >= 4 is 29.4 Å². The van der Waals surface area contributed by atoms with Gasteiger partial charge in [0.1, 0.15) is 12.4 Å². The fourth-order valence-electron chi connectivity index (χ4n) is 2.81. The van der Waals surface area contributed by atoms with Crippen LogP contribution in [-0.2, 0) is 16.6 Å². The number of benzene rings is 2. The summed E-state index contributed by atoms with van der Waals surface area (Å²) in [6.45, 7) is 3.96. The van der Waals surface area contributed by atoms with Crippen LogP contribution in [0.3, 0.4) is 0 Å². The van der Waals surface area contributed by atoms with Crippen LogP contribution in [0.2, 0.25) is 0 Å². The predicted molar refractivity (Wildman–Crippen MR) is 105 cm³/mol. The lowest BCUT2D eigenvalue weighted by Gasteiger charge is -2.25. The number of ether oxygens (including phenoxy) is 1. The number of fused-ring (bicyclic) bond motifs is 1. The van der Waals surface area contributed by atoms with E-state index in [0.717, 1.165) is 5.56 Å². The number of carbonyl (C=O) groups is 1. The molecule has 0 fully saturated rings. The van der Waals surface area contributed by atoms with Crippen LogP contribution in [0, 0.1) is 6.92 Å². The van der Waals surface area contributed by atoms with Gasteiger partial charge in [-0.05, 0) is 38.1 Å². The fourth-order valence-corrected chi connectivity index (χ4v) is 4.40. The van der Waals surface area contributed by atoms with Gasteiger partial charge in [0.25, 0.3) is 5.91 Å². The van der Waals surface area contributed by atoms with Crippen LogP contribution in [0.1, 0.15) is 28.4 Å². The van der Waals surface area contributed by atoms with Crippen LogP contribution in [0.25, 0.3) is 0 Å². The highest BCUT2D eigenvalue weighted by atomic mass is 32.2. The Morgan fingerprint density at radius 3 is 2.52 bits per heavy atom. The number of nitrogens with zero attached hydrogens (tertiary/aromatic N) is 1. The third-order valence-electron chi connectivity index (χ3n) is 4.36. The van der Waals surface area contributed by atoms with Gasteiger partial charge in [0.15, 0.2) is 0 Å². The minimum Gasteiger partial charge on any atom is -0.492 e. The highest BCUT2D eigenvalue weighted by Crippen LogP contribution is 2.30. The van der Waals surface area contributed by atoms with Crippen molar-refractivity contribution in [2.24, 2.45) is 0 Å². The van der Waals surface area contributed by atoms with Crippen molar-refractivity contribution in [2.45, 2.75) is 31.3 Å². The van der Waals surface area contributed by atoms with Crippen LogP contribution in [0.4, 0.5) is 0 Å². The summed E-state index contributed by atoms with van der Waals surface area (Å²) in [5.74, 6) is -0.225. The molecule has 1 heterocycles. The van der Waals surface area contributed by atoms with E-state index in [1.807, 2.05) is 6.92 Å². The van der Waals surface area contributed by atoms with Gasteiger partial charge in [0.05, 0.1) is 10.9 Å². The second-order valence-corrected chi connectivity index (χ2v) is 8.18. The molecule has 0 aromatic heterocycles. The number of rotatable bonds is 3. The summed E-state index contributed by atoms with van der Waals surface area (Å²) in [6, 6.07) is 11.0. The molecule has 0 saturated carbocycles. The molecule has 0 aliphatic carbocycles. The van der Waals surface area contributed by atoms with E-state index in [1.54, 1.807) is 42.7 Å². The molecule has 0 bridgehead atoms. The van der Waals surface area contributed by atoms with Gasteiger partial charge in [-0.1, -0.05) is 23.8 Å². The first-order valence-corrected chi connectivity index (χ1v) is 9.55. The number of sulfonamides is 1. The molecule has 7 nitrogen and oxygen atoms in total. The molecule has 2 aromatic rings. The van der Waals surface area contributed by atoms with Gasteiger partial charge < -0.3 is 4.74 Å². The number of hydroxylamine groups is 1.